The van der Waals surface area contributed by atoms with E-state index in [-0.39, 0.29) is 12.5 Å². The van der Waals surface area contributed by atoms with Gasteiger partial charge in [0.1, 0.15) is 11.9 Å². The highest BCUT2D eigenvalue weighted by Gasteiger charge is 2.19. The van der Waals surface area contributed by atoms with Gasteiger partial charge in [0.05, 0.1) is 6.54 Å². The van der Waals surface area contributed by atoms with Gasteiger partial charge in [-0.2, -0.15) is 0 Å². The van der Waals surface area contributed by atoms with Crippen molar-refractivity contribution in [3.8, 4) is 0 Å². The van der Waals surface area contributed by atoms with Gasteiger partial charge >= 0.3 is 5.97 Å². The van der Waals surface area contributed by atoms with E-state index in [1.165, 1.54) is 31.0 Å². The monoisotopic (exact) mass is 268 g/mol. The molecular formula is C13H17FN2O3. The molecule has 0 aliphatic rings. The summed E-state index contributed by atoms with van der Waals surface area (Å²) in [6.07, 6.45) is 0. The van der Waals surface area contributed by atoms with Crippen LogP contribution in [0.4, 0.5) is 10.1 Å². The first-order valence-electron chi connectivity index (χ1n) is 5.80. The number of nitrogens with zero attached hydrogens (tertiary/aromatic N) is 1. The first-order chi connectivity index (χ1) is 8.81. The average molecular weight is 268 g/mol. The van der Waals surface area contributed by atoms with Crippen LogP contribution in [0.3, 0.4) is 0 Å². The second-order valence-electron chi connectivity index (χ2n) is 4.44. The molecule has 6 heteroatoms. The molecule has 5 nitrogen and oxygen atoms in total. The molecule has 1 rings (SSSR count). The summed E-state index contributed by atoms with van der Waals surface area (Å²) in [7, 11) is 1.54. The van der Waals surface area contributed by atoms with E-state index < -0.39 is 17.8 Å². The van der Waals surface area contributed by atoms with Gasteiger partial charge in [-0.25, -0.2) is 4.39 Å². The molecule has 0 aliphatic carbocycles. The van der Waals surface area contributed by atoms with E-state index in [0.717, 1.165) is 5.56 Å². The summed E-state index contributed by atoms with van der Waals surface area (Å²) in [5.41, 5.74) is 1.13. The van der Waals surface area contributed by atoms with Crippen molar-refractivity contribution < 1.29 is 19.1 Å². The minimum atomic E-state index is -1.00. The molecule has 0 spiro atoms. The van der Waals surface area contributed by atoms with Crippen molar-refractivity contribution in [2.75, 3.05) is 18.9 Å². The van der Waals surface area contributed by atoms with Crippen molar-refractivity contribution in [1.29, 1.82) is 0 Å². The number of halogens is 1. The quantitative estimate of drug-likeness (QED) is 0.848. The van der Waals surface area contributed by atoms with Gasteiger partial charge in [0.15, 0.2) is 0 Å². The summed E-state index contributed by atoms with van der Waals surface area (Å²) in [5.74, 6) is -1.82. The topological polar surface area (TPSA) is 69.6 Å². The highest BCUT2D eigenvalue weighted by molar-refractivity contribution is 5.93. The Morgan fingerprint density at radius 2 is 2.11 bits per heavy atom. The zero-order valence-electron chi connectivity index (χ0n) is 11.1. The average Bonchev–Trinajstić information content (AvgIpc) is 2.32. The molecule has 0 bridgehead atoms. The van der Waals surface area contributed by atoms with Gasteiger partial charge in [0.2, 0.25) is 5.91 Å². The number of benzene rings is 1. The molecule has 2 N–H and O–H groups in total. The van der Waals surface area contributed by atoms with Crippen LogP contribution in [-0.4, -0.2) is 41.5 Å². The second-order valence-corrected chi connectivity index (χ2v) is 4.44. The molecule has 0 aromatic heterocycles. The molecule has 0 aliphatic heterocycles. The number of amides is 1. The van der Waals surface area contributed by atoms with Crippen molar-refractivity contribution in [2.24, 2.45) is 0 Å². The second kappa shape index (κ2) is 6.29. The minimum absolute atomic E-state index is 0.0799. The zero-order valence-corrected chi connectivity index (χ0v) is 11.1. The molecule has 1 aromatic rings. The van der Waals surface area contributed by atoms with E-state index in [2.05, 4.69) is 5.32 Å². The highest BCUT2D eigenvalue weighted by atomic mass is 19.1. The normalized spacial score (nSPS) is 12.3. The fourth-order valence-corrected chi connectivity index (χ4v) is 1.47. The Morgan fingerprint density at radius 3 is 2.68 bits per heavy atom. The van der Waals surface area contributed by atoms with Crippen LogP contribution in [0.25, 0.3) is 0 Å². The maximum absolute atomic E-state index is 13.1. The van der Waals surface area contributed by atoms with Gasteiger partial charge in [-0.15, -0.1) is 0 Å². The van der Waals surface area contributed by atoms with Crippen LogP contribution in [0.5, 0.6) is 0 Å². The summed E-state index contributed by atoms with van der Waals surface area (Å²) in [6, 6.07) is 3.34. The third-order valence-electron chi connectivity index (χ3n) is 2.89. The molecular weight excluding hydrogens is 251 g/mol. The van der Waals surface area contributed by atoms with Crippen molar-refractivity contribution >= 4 is 17.6 Å². The Hall–Kier alpha value is -1.95. The smallest absolute Gasteiger partial charge is 0.320 e. The minimum Gasteiger partial charge on any atom is -0.480 e. The molecule has 19 heavy (non-hydrogen) atoms. The van der Waals surface area contributed by atoms with Gasteiger partial charge in [0.25, 0.3) is 0 Å². The van der Waals surface area contributed by atoms with Gasteiger partial charge in [0, 0.05) is 5.69 Å². The number of nitrogens with one attached hydrogen (secondary N) is 1. The lowest BCUT2D eigenvalue weighted by Gasteiger charge is -2.20. The third-order valence-corrected chi connectivity index (χ3v) is 2.89. The predicted molar refractivity (Wildman–Crippen MR) is 69.5 cm³/mol. The summed E-state index contributed by atoms with van der Waals surface area (Å²) in [5, 5.41) is 11.4. The van der Waals surface area contributed by atoms with E-state index in [4.69, 9.17) is 5.11 Å². The molecule has 0 saturated heterocycles. The van der Waals surface area contributed by atoms with Gasteiger partial charge in [-0.1, -0.05) is 6.07 Å². The first-order valence-corrected chi connectivity index (χ1v) is 5.80. The van der Waals surface area contributed by atoms with E-state index in [0.29, 0.717) is 5.69 Å². The summed E-state index contributed by atoms with van der Waals surface area (Å²) >= 11 is 0. The van der Waals surface area contributed by atoms with Crippen LogP contribution in [0.2, 0.25) is 0 Å². The largest absolute Gasteiger partial charge is 0.480 e. The molecule has 0 heterocycles. The molecule has 1 aromatic carbocycles. The van der Waals surface area contributed by atoms with Gasteiger partial charge < -0.3 is 10.4 Å². The fourth-order valence-electron chi connectivity index (χ4n) is 1.47. The van der Waals surface area contributed by atoms with Crippen molar-refractivity contribution in [1.82, 2.24) is 4.90 Å². The van der Waals surface area contributed by atoms with Crippen LogP contribution in [0.1, 0.15) is 12.5 Å². The number of likely N-dealkylation sites (N-methyl/N-ethyl adjacent to an activating group) is 1. The molecule has 1 amide bonds. The molecule has 1 atom stereocenters. The number of hydrogen-bond acceptors (Lipinski definition) is 3. The van der Waals surface area contributed by atoms with Crippen LogP contribution < -0.4 is 5.32 Å². The summed E-state index contributed by atoms with van der Waals surface area (Å²) < 4.78 is 13.1. The number of aryl methyl sites for hydroxylation is 1. The summed E-state index contributed by atoms with van der Waals surface area (Å²) in [6.45, 7) is 3.16. The van der Waals surface area contributed by atoms with E-state index >= 15 is 0 Å². The Bertz CT molecular complexity index is 491. The fraction of sp³-hybridized carbons (Fsp3) is 0.385. The van der Waals surface area contributed by atoms with Crippen molar-refractivity contribution in [3.05, 3.63) is 29.6 Å². The maximum atomic E-state index is 13.1. The molecule has 104 valence electrons. The van der Waals surface area contributed by atoms with E-state index in [1.807, 2.05) is 0 Å². The van der Waals surface area contributed by atoms with Crippen LogP contribution >= 0.6 is 0 Å². The Labute approximate surface area is 111 Å². The lowest BCUT2D eigenvalue weighted by molar-refractivity contribution is -0.142. The van der Waals surface area contributed by atoms with Gasteiger partial charge in [-0.3, -0.25) is 14.5 Å². The number of carboxylic acids is 1. The number of rotatable bonds is 5. The number of carbonyl (C=O) groups is 2. The molecule has 1 unspecified atom stereocenters. The van der Waals surface area contributed by atoms with Crippen LogP contribution in [-0.2, 0) is 9.59 Å². The third kappa shape index (κ3) is 4.33. The Kier molecular flexibility index (Phi) is 5.00. The first kappa shape index (κ1) is 15.1. The lowest BCUT2D eigenvalue weighted by atomic mass is 10.2. The van der Waals surface area contributed by atoms with E-state index in [1.54, 1.807) is 13.0 Å². The molecule has 0 saturated carbocycles. The molecule has 0 fully saturated rings. The number of anilines is 1. The van der Waals surface area contributed by atoms with E-state index in [9.17, 15) is 14.0 Å². The molecule has 0 radical (unpaired) electrons. The van der Waals surface area contributed by atoms with Gasteiger partial charge in [-0.05, 0) is 38.6 Å². The highest BCUT2D eigenvalue weighted by Crippen LogP contribution is 2.15. The van der Waals surface area contributed by atoms with Crippen molar-refractivity contribution in [3.63, 3.8) is 0 Å². The van der Waals surface area contributed by atoms with Crippen molar-refractivity contribution in [2.45, 2.75) is 19.9 Å². The predicted octanol–water partition coefficient (Wildman–Crippen LogP) is 1.48. The standard InChI is InChI=1S/C13H17FN2O3/c1-8-4-5-10(14)6-11(8)15-12(17)7-16(3)9(2)13(18)19/h4-6,9H,7H2,1-3H3,(H,15,17)(H,18,19). The summed E-state index contributed by atoms with van der Waals surface area (Å²) in [4.78, 5) is 23.9. The maximum Gasteiger partial charge on any atom is 0.320 e. The van der Waals surface area contributed by atoms with Crippen LogP contribution in [0.15, 0.2) is 18.2 Å². The SMILES string of the molecule is Cc1ccc(F)cc1NC(=O)CN(C)C(C)C(=O)O. The lowest BCUT2D eigenvalue weighted by Crippen LogP contribution is -2.40. The number of carbonyl (C=O) groups excluding carboxylic acids is 1. The zero-order chi connectivity index (χ0) is 14.6. The Morgan fingerprint density at radius 1 is 1.47 bits per heavy atom. The number of carboxylic acid groups (broad SMARTS) is 1. The van der Waals surface area contributed by atoms with Crippen LogP contribution in [0, 0.1) is 12.7 Å². The number of aliphatic carboxylic acids is 1. The Balaban J connectivity index is 2.65. The number of hydrogen-bond donors (Lipinski definition) is 2.